The molecule has 0 bridgehead atoms. The van der Waals surface area contributed by atoms with Gasteiger partial charge in [0.2, 0.25) is 17.5 Å². The second-order valence-electron chi connectivity index (χ2n) is 10.2. The SMILES string of the molecule is CCC(C(=O)N[C@@H](CC(=O)OC(C)(C)C)C(=O)COc1c(F)c(F)cc(F)c1F)n1ccc2cc(Cl)c(Cl)cc2c1=O. The van der Waals surface area contributed by atoms with Crippen LogP contribution in [0.2, 0.25) is 10.0 Å². The number of pyridine rings is 1. The fourth-order valence-electron chi connectivity index (χ4n) is 3.99. The van der Waals surface area contributed by atoms with Crippen LogP contribution in [0.5, 0.6) is 5.75 Å². The van der Waals surface area contributed by atoms with Crippen molar-refractivity contribution in [2.24, 2.45) is 0 Å². The molecule has 1 unspecified atom stereocenters. The van der Waals surface area contributed by atoms with Crippen LogP contribution in [0.1, 0.15) is 46.6 Å². The lowest BCUT2D eigenvalue weighted by Gasteiger charge is -2.25. The van der Waals surface area contributed by atoms with Gasteiger partial charge in [-0.15, -0.1) is 0 Å². The van der Waals surface area contributed by atoms with E-state index in [1.807, 2.05) is 0 Å². The molecule has 1 aromatic heterocycles. The van der Waals surface area contributed by atoms with Gasteiger partial charge in [0.15, 0.2) is 23.2 Å². The Morgan fingerprint density at radius 3 is 2.17 bits per heavy atom. The summed E-state index contributed by atoms with van der Waals surface area (Å²) in [5, 5.41) is 3.32. The van der Waals surface area contributed by atoms with Crippen molar-refractivity contribution in [3.8, 4) is 5.75 Å². The molecule has 1 heterocycles. The van der Waals surface area contributed by atoms with Crippen LogP contribution in [0.4, 0.5) is 17.6 Å². The van der Waals surface area contributed by atoms with Crippen LogP contribution in [0.15, 0.2) is 35.3 Å². The fourth-order valence-corrected chi connectivity index (χ4v) is 4.33. The molecule has 0 aliphatic heterocycles. The van der Waals surface area contributed by atoms with E-state index in [9.17, 15) is 36.7 Å². The molecule has 3 aromatic rings. The summed E-state index contributed by atoms with van der Waals surface area (Å²) in [6.45, 7) is 5.09. The van der Waals surface area contributed by atoms with Crippen molar-refractivity contribution in [2.75, 3.05) is 6.61 Å². The number of carbonyl (C=O) groups is 3. The van der Waals surface area contributed by atoms with Gasteiger partial charge in [-0.2, -0.15) is 8.78 Å². The number of aromatic nitrogens is 1. The van der Waals surface area contributed by atoms with E-state index < -0.39 is 82.9 Å². The molecule has 2 atom stereocenters. The maximum atomic E-state index is 14.0. The smallest absolute Gasteiger partial charge is 0.308 e. The summed E-state index contributed by atoms with van der Waals surface area (Å²) in [5.41, 5.74) is -1.56. The van der Waals surface area contributed by atoms with E-state index in [1.165, 1.54) is 24.4 Å². The minimum Gasteiger partial charge on any atom is -0.479 e. The Morgan fingerprint density at radius 1 is 1.00 bits per heavy atom. The highest BCUT2D eigenvalue weighted by Gasteiger charge is 2.31. The largest absolute Gasteiger partial charge is 0.479 e. The summed E-state index contributed by atoms with van der Waals surface area (Å²) in [5.74, 6) is -11.6. The maximum Gasteiger partial charge on any atom is 0.308 e. The molecule has 2 aromatic carbocycles. The number of amides is 1. The van der Waals surface area contributed by atoms with Crippen LogP contribution < -0.4 is 15.6 Å². The monoisotopic (exact) mass is 632 g/mol. The van der Waals surface area contributed by atoms with Crippen LogP contribution in [0, 0.1) is 23.3 Å². The number of nitrogens with one attached hydrogen (secondary N) is 1. The molecule has 3 rings (SSSR count). The van der Waals surface area contributed by atoms with Gasteiger partial charge < -0.3 is 19.4 Å². The standard InChI is InChI=1S/C28H26Cl2F4N2O6/c1-5-20(36-7-6-13-8-15(29)16(30)9-14(13)27(36)40)26(39)35-19(11-22(38)42-28(2,3)4)21(37)12-41-25-23(33)17(31)10-18(32)24(25)34/h6-10,19-20H,5,11-12H2,1-4H3,(H,35,39)/t19-,20?/m0/s1. The second kappa shape index (κ2) is 13.1. The number of rotatable bonds is 10. The van der Waals surface area contributed by atoms with Crippen molar-refractivity contribution < 1.29 is 41.4 Å². The Kier molecular flexibility index (Phi) is 10.3. The van der Waals surface area contributed by atoms with Gasteiger partial charge in [-0.25, -0.2) is 8.78 Å². The number of ether oxygens (including phenoxy) is 2. The molecule has 0 aliphatic rings. The van der Waals surface area contributed by atoms with Crippen molar-refractivity contribution in [1.82, 2.24) is 9.88 Å². The molecule has 226 valence electrons. The van der Waals surface area contributed by atoms with Gasteiger partial charge in [0.05, 0.1) is 16.5 Å². The third kappa shape index (κ3) is 7.60. The molecule has 8 nitrogen and oxygen atoms in total. The van der Waals surface area contributed by atoms with Gasteiger partial charge in [-0.05, 0) is 50.8 Å². The molecule has 0 radical (unpaired) electrons. The summed E-state index contributed by atoms with van der Waals surface area (Å²) in [4.78, 5) is 52.1. The van der Waals surface area contributed by atoms with Crippen molar-refractivity contribution in [3.05, 3.63) is 74.1 Å². The quantitative estimate of drug-likeness (QED) is 0.175. The minimum absolute atomic E-state index is 0.0347. The highest BCUT2D eigenvalue weighted by atomic mass is 35.5. The number of Topliss-reactive ketones (excluding diaryl/α,β-unsaturated/α-hetero) is 1. The zero-order chi connectivity index (χ0) is 31.5. The number of ketones is 1. The lowest BCUT2D eigenvalue weighted by Crippen LogP contribution is -2.48. The number of halogens is 6. The summed E-state index contributed by atoms with van der Waals surface area (Å²) in [6.07, 6.45) is 0.673. The first-order valence-corrected chi connectivity index (χ1v) is 13.3. The predicted octanol–water partition coefficient (Wildman–Crippen LogP) is 5.68. The van der Waals surface area contributed by atoms with Gasteiger partial charge >= 0.3 is 5.97 Å². The lowest BCUT2D eigenvalue weighted by molar-refractivity contribution is -0.156. The van der Waals surface area contributed by atoms with Crippen molar-refractivity contribution >= 4 is 51.6 Å². The third-order valence-electron chi connectivity index (χ3n) is 5.92. The molecule has 0 fully saturated rings. The molecule has 42 heavy (non-hydrogen) atoms. The van der Waals surface area contributed by atoms with E-state index in [-0.39, 0.29) is 27.9 Å². The first-order valence-electron chi connectivity index (χ1n) is 12.5. The first kappa shape index (κ1) is 32.9. The number of carbonyl (C=O) groups excluding carboxylic acids is 3. The minimum atomic E-state index is -1.88. The normalized spacial score (nSPS) is 13.0. The summed E-state index contributed by atoms with van der Waals surface area (Å²) >= 11 is 12.1. The Bertz CT molecular complexity index is 1580. The molecule has 1 N–H and O–H groups in total. The molecule has 0 spiro atoms. The molecule has 14 heteroatoms. The average Bonchev–Trinajstić information content (AvgIpc) is 2.89. The number of nitrogens with zero attached hydrogens (tertiary/aromatic N) is 1. The second-order valence-corrected chi connectivity index (χ2v) is 11.0. The van der Waals surface area contributed by atoms with E-state index in [2.05, 4.69) is 5.32 Å². The summed E-state index contributed by atoms with van der Waals surface area (Å²) in [6, 6.07) is 1.48. The topological polar surface area (TPSA) is 104 Å². The van der Waals surface area contributed by atoms with Crippen LogP contribution in [-0.4, -0.2) is 40.5 Å². The predicted molar refractivity (Wildman–Crippen MR) is 147 cm³/mol. The highest BCUT2D eigenvalue weighted by molar-refractivity contribution is 6.42. The van der Waals surface area contributed by atoms with E-state index in [4.69, 9.17) is 32.7 Å². The van der Waals surface area contributed by atoms with Crippen LogP contribution >= 0.6 is 23.2 Å². The summed E-state index contributed by atoms with van der Waals surface area (Å²) in [7, 11) is 0. The average molecular weight is 633 g/mol. The van der Waals surface area contributed by atoms with Crippen LogP contribution in [0.3, 0.4) is 0 Å². The van der Waals surface area contributed by atoms with E-state index in [0.717, 1.165) is 4.57 Å². The van der Waals surface area contributed by atoms with Crippen LogP contribution in [0.25, 0.3) is 10.8 Å². The number of esters is 1. The molecule has 1 amide bonds. The lowest BCUT2D eigenvalue weighted by atomic mass is 10.1. The molecule has 0 saturated carbocycles. The van der Waals surface area contributed by atoms with Gasteiger partial charge in [-0.3, -0.25) is 19.2 Å². The van der Waals surface area contributed by atoms with Crippen molar-refractivity contribution in [3.63, 3.8) is 0 Å². The van der Waals surface area contributed by atoms with Crippen LogP contribution in [-0.2, 0) is 19.1 Å². The molecular weight excluding hydrogens is 607 g/mol. The van der Waals surface area contributed by atoms with Gasteiger partial charge in [0.1, 0.15) is 24.3 Å². The molecule has 0 saturated heterocycles. The van der Waals surface area contributed by atoms with Crippen molar-refractivity contribution in [1.29, 1.82) is 0 Å². The summed E-state index contributed by atoms with van der Waals surface area (Å²) < 4.78 is 66.2. The Labute approximate surface area is 247 Å². The van der Waals surface area contributed by atoms with E-state index in [0.29, 0.717) is 5.39 Å². The van der Waals surface area contributed by atoms with Crippen molar-refractivity contribution in [2.45, 2.75) is 58.2 Å². The van der Waals surface area contributed by atoms with Gasteiger partial charge in [-0.1, -0.05) is 30.1 Å². The van der Waals surface area contributed by atoms with Gasteiger partial charge in [0, 0.05) is 17.6 Å². The zero-order valence-corrected chi connectivity index (χ0v) is 24.3. The Hall–Kier alpha value is -3.64. The Balaban J connectivity index is 1.90. The Morgan fingerprint density at radius 2 is 1.60 bits per heavy atom. The number of fused-ring (bicyclic) bond motifs is 1. The molecular formula is C28H26Cl2F4N2O6. The van der Waals surface area contributed by atoms with E-state index in [1.54, 1.807) is 27.7 Å². The maximum absolute atomic E-state index is 14.0. The zero-order valence-electron chi connectivity index (χ0n) is 22.8. The fraction of sp³-hybridized carbons (Fsp3) is 0.357. The third-order valence-corrected chi connectivity index (χ3v) is 6.65. The first-order chi connectivity index (χ1) is 19.5. The molecule has 0 aliphatic carbocycles. The number of benzene rings is 2. The van der Waals surface area contributed by atoms with Gasteiger partial charge in [0.25, 0.3) is 5.56 Å². The number of hydrogen-bond acceptors (Lipinski definition) is 6. The highest BCUT2D eigenvalue weighted by Crippen LogP contribution is 2.28. The number of hydrogen-bond donors (Lipinski definition) is 1. The van der Waals surface area contributed by atoms with E-state index >= 15 is 0 Å².